The van der Waals surface area contributed by atoms with Crippen molar-refractivity contribution >= 4 is 55.0 Å². The van der Waals surface area contributed by atoms with Gasteiger partial charge in [0.2, 0.25) is 0 Å². The molecule has 0 amide bonds. The van der Waals surface area contributed by atoms with Gasteiger partial charge in [0.05, 0.1) is 75.9 Å². The maximum absolute atomic E-state index is 9.95. The number of benzene rings is 11. The molecular formula is C74H40N10. The summed E-state index contributed by atoms with van der Waals surface area (Å²) in [4.78, 5) is 23.4. The van der Waals surface area contributed by atoms with Crippen molar-refractivity contribution in [2.24, 2.45) is 0 Å². The maximum Gasteiger partial charge on any atom is 0.189 e. The van der Waals surface area contributed by atoms with Crippen LogP contribution in [0.1, 0.15) is 16.7 Å². The van der Waals surface area contributed by atoms with Gasteiger partial charge in [-0.1, -0.05) is 140 Å². The van der Waals surface area contributed by atoms with Crippen molar-refractivity contribution in [3.05, 3.63) is 282 Å². The summed E-state index contributed by atoms with van der Waals surface area (Å²) in [6.07, 6.45) is 0. The van der Waals surface area contributed by atoms with Crippen LogP contribution in [0.2, 0.25) is 0 Å². The third-order valence-corrected chi connectivity index (χ3v) is 15.4. The van der Waals surface area contributed by atoms with Crippen LogP contribution >= 0.6 is 0 Å². The third kappa shape index (κ3) is 8.70. The van der Waals surface area contributed by atoms with Gasteiger partial charge in [0.1, 0.15) is 0 Å². The van der Waals surface area contributed by atoms with Crippen molar-refractivity contribution in [1.29, 1.82) is 15.8 Å². The van der Waals surface area contributed by atoms with Crippen molar-refractivity contribution in [3.8, 4) is 108 Å². The molecule has 0 atom stereocenters. The lowest BCUT2D eigenvalue weighted by atomic mass is 9.95. The first kappa shape index (κ1) is 49.8. The van der Waals surface area contributed by atoms with Crippen molar-refractivity contribution in [2.45, 2.75) is 0 Å². The molecule has 0 fully saturated rings. The van der Waals surface area contributed by atoms with E-state index in [4.69, 9.17) is 28.1 Å². The lowest BCUT2D eigenvalue weighted by Gasteiger charge is -2.19. The molecule has 0 spiro atoms. The molecule has 3 aromatic heterocycles. The SMILES string of the molecule is [C-]#[N+]c1cccc(-c2ccc(-n3c4ccccc4c4cc(-c5cc(C#N)cc([N+]#[C-])c5)ccc43)c(-c3ccc(-n4c5ccccc5c5cc(-c6cc(C#N)cc(C#N)c6)ccc54)c(-c4nc(-c5ccccc5)nc(-c5ccccc5)n4)c3)c2)c1. The first-order valence-electron chi connectivity index (χ1n) is 27.0. The molecule has 0 aliphatic carbocycles. The summed E-state index contributed by atoms with van der Waals surface area (Å²) in [5.41, 5.74) is 16.9. The Labute approximate surface area is 482 Å². The number of fused-ring (bicyclic) bond motifs is 6. The standard InChI is InChI=1S/C74H40N10/c1-78-58-19-13-18-51(37-58)52-24-28-68(83-66-22-11-9-20-60(66)64-41-54(26-30-69(64)83)57-35-48(45-77)36-59(38-57)79-2)62(39-52)55-27-31-71(65(42-55)74-81-72(49-14-5-3-6-15-49)80-73(82-74)50-16-7-4-8-17-50)84-67-23-12-10-21-61(67)63-40-53(25-29-70(63)84)56-33-46(43-75)32-47(34-56)44-76/h3-42H. The van der Waals surface area contributed by atoms with E-state index in [1.165, 1.54) is 0 Å². The number of nitriles is 3. The van der Waals surface area contributed by atoms with Crippen LogP contribution in [0.5, 0.6) is 0 Å². The van der Waals surface area contributed by atoms with Gasteiger partial charge in [-0.05, 0) is 142 Å². The lowest BCUT2D eigenvalue weighted by molar-refractivity contribution is 1.06. The van der Waals surface area contributed by atoms with E-state index >= 15 is 0 Å². The van der Waals surface area contributed by atoms with Gasteiger partial charge in [0.25, 0.3) is 0 Å². The first-order valence-corrected chi connectivity index (χ1v) is 27.0. The van der Waals surface area contributed by atoms with Gasteiger partial charge in [-0.15, -0.1) is 0 Å². The number of para-hydroxylation sites is 2. The second kappa shape index (κ2) is 20.6. The zero-order valence-electron chi connectivity index (χ0n) is 44.6. The summed E-state index contributed by atoms with van der Waals surface area (Å²) in [7, 11) is 0. The highest BCUT2D eigenvalue weighted by molar-refractivity contribution is 6.12. The largest absolute Gasteiger partial charge is 0.309 e. The third-order valence-electron chi connectivity index (χ3n) is 15.4. The molecule has 0 radical (unpaired) electrons. The minimum Gasteiger partial charge on any atom is -0.309 e. The molecule has 0 aliphatic heterocycles. The molecule has 0 N–H and O–H groups in total. The van der Waals surface area contributed by atoms with Crippen LogP contribution in [0.3, 0.4) is 0 Å². The number of rotatable bonds is 9. The van der Waals surface area contributed by atoms with Crippen LogP contribution in [0, 0.1) is 47.1 Å². The molecule has 0 saturated carbocycles. The van der Waals surface area contributed by atoms with E-state index in [1.807, 2.05) is 140 Å². The van der Waals surface area contributed by atoms with Gasteiger partial charge in [-0.3, -0.25) is 0 Å². The molecule has 10 nitrogen and oxygen atoms in total. The monoisotopic (exact) mass is 1070 g/mol. The second-order valence-corrected chi connectivity index (χ2v) is 20.3. The number of nitrogens with zero attached hydrogens (tertiary/aromatic N) is 10. The zero-order chi connectivity index (χ0) is 56.8. The normalized spacial score (nSPS) is 11.0. The van der Waals surface area contributed by atoms with Gasteiger partial charge in [0, 0.05) is 49.4 Å². The van der Waals surface area contributed by atoms with Crippen LogP contribution in [0.4, 0.5) is 11.4 Å². The molecular weight excluding hydrogens is 1030 g/mol. The van der Waals surface area contributed by atoms with Crippen molar-refractivity contribution in [1.82, 2.24) is 24.1 Å². The minimum atomic E-state index is 0.399. The highest BCUT2D eigenvalue weighted by Crippen LogP contribution is 2.44. The number of aromatic nitrogens is 5. The maximum atomic E-state index is 9.95. The summed E-state index contributed by atoms with van der Waals surface area (Å²) >= 11 is 0. The lowest BCUT2D eigenvalue weighted by Crippen LogP contribution is -2.04. The van der Waals surface area contributed by atoms with Crippen LogP contribution < -0.4 is 0 Å². The fourth-order valence-corrected chi connectivity index (χ4v) is 11.6. The highest BCUT2D eigenvalue weighted by Gasteiger charge is 2.24. The molecule has 0 saturated heterocycles. The Bertz CT molecular complexity index is 5150. The minimum absolute atomic E-state index is 0.399. The molecule has 0 bridgehead atoms. The summed E-state index contributed by atoms with van der Waals surface area (Å²) in [6, 6.07) is 86.9. The summed E-state index contributed by atoms with van der Waals surface area (Å²) in [5, 5.41) is 33.8. The van der Waals surface area contributed by atoms with Crippen LogP contribution in [0.15, 0.2) is 243 Å². The van der Waals surface area contributed by atoms with E-state index < -0.39 is 0 Å². The molecule has 0 aliphatic rings. The molecule has 10 heteroatoms. The van der Waals surface area contributed by atoms with Gasteiger partial charge >= 0.3 is 0 Å². The van der Waals surface area contributed by atoms with Gasteiger partial charge in [-0.25, -0.2) is 24.6 Å². The van der Waals surface area contributed by atoms with E-state index in [2.05, 4.69) is 128 Å². The molecule has 0 unspecified atom stereocenters. The first-order chi connectivity index (χ1) is 41.4. The van der Waals surface area contributed by atoms with Crippen molar-refractivity contribution < 1.29 is 0 Å². The van der Waals surface area contributed by atoms with E-state index in [1.54, 1.807) is 12.1 Å². The Kier molecular flexibility index (Phi) is 12.2. The Morgan fingerprint density at radius 3 is 1.27 bits per heavy atom. The van der Waals surface area contributed by atoms with Gasteiger partial charge in [-0.2, -0.15) is 15.8 Å². The molecule has 11 aromatic carbocycles. The van der Waals surface area contributed by atoms with E-state index in [9.17, 15) is 15.8 Å². The summed E-state index contributed by atoms with van der Waals surface area (Å²) in [6.45, 7) is 15.7. The van der Waals surface area contributed by atoms with E-state index in [-0.39, 0.29) is 0 Å². The molecule has 14 rings (SSSR count). The zero-order valence-corrected chi connectivity index (χ0v) is 44.6. The Morgan fingerprint density at radius 1 is 0.298 bits per heavy atom. The van der Waals surface area contributed by atoms with E-state index in [0.717, 1.165) is 116 Å². The summed E-state index contributed by atoms with van der Waals surface area (Å²) < 4.78 is 4.56. The second-order valence-electron chi connectivity index (χ2n) is 20.3. The predicted octanol–water partition coefficient (Wildman–Crippen LogP) is 18.5. The fraction of sp³-hybridized carbons (Fsp3) is 0. The fourth-order valence-electron chi connectivity index (χ4n) is 11.6. The molecule has 386 valence electrons. The summed E-state index contributed by atoms with van der Waals surface area (Å²) in [5.74, 6) is 1.47. The van der Waals surface area contributed by atoms with E-state index in [0.29, 0.717) is 45.5 Å². The Morgan fingerprint density at radius 2 is 0.714 bits per heavy atom. The average molecular weight is 1070 g/mol. The Balaban J connectivity index is 1.06. The topological polar surface area (TPSA) is 129 Å². The van der Waals surface area contributed by atoms with Gasteiger partial charge < -0.3 is 9.13 Å². The van der Waals surface area contributed by atoms with Gasteiger partial charge in [0.15, 0.2) is 28.8 Å². The van der Waals surface area contributed by atoms with Crippen molar-refractivity contribution in [3.63, 3.8) is 0 Å². The van der Waals surface area contributed by atoms with Crippen molar-refractivity contribution in [2.75, 3.05) is 0 Å². The number of hydrogen-bond donors (Lipinski definition) is 0. The highest BCUT2D eigenvalue weighted by atomic mass is 15.1. The smallest absolute Gasteiger partial charge is 0.189 e. The quantitative estimate of drug-likeness (QED) is 0.132. The molecule has 3 heterocycles. The van der Waals surface area contributed by atoms with Crippen LogP contribution in [0.25, 0.3) is 143 Å². The molecule has 84 heavy (non-hydrogen) atoms. The van der Waals surface area contributed by atoms with Crippen LogP contribution in [-0.2, 0) is 0 Å². The number of hydrogen-bond acceptors (Lipinski definition) is 6. The molecule has 14 aromatic rings. The predicted molar refractivity (Wildman–Crippen MR) is 333 cm³/mol. The average Bonchev–Trinajstić information content (AvgIpc) is 2.26. The Hall–Kier alpha value is -12.5. The van der Waals surface area contributed by atoms with Crippen LogP contribution in [-0.4, -0.2) is 24.1 Å².